The summed E-state index contributed by atoms with van der Waals surface area (Å²) in [5.74, 6) is 6.78. The van der Waals surface area contributed by atoms with E-state index >= 15 is 0 Å². The van der Waals surface area contributed by atoms with Gasteiger partial charge in [0.1, 0.15) is 10.5 Å². The van der Waals surface area contributed by atoms with Crippen molar-refractivity contribution >= 4 is 40.9 Å². The molecule has 3 amide bonds. The SMILES string of the molecule is COC(=O)c1sc(C#CC(C)C)cc1N(C(=O)[C@H]1CC[C@H](C)CC1)C1CCN(C(=O)CCCCCNC(=O)OC(C)(C)C)CC1. The molecule has 0 spiro atoms. The number of ether oxygens (including phenoxy) is 2. The number of methoxy groups -OCH3 is 1. The summed E-state index contributed by atoms with van der Waals surface area (Å²) in [5.41, 5.74) is 0.0645. The number of piperidine rings is 1. The molecular formula is C35H53N3O6S. The predicted molar refractivity (Wildman–Crippen MR) is 178 cm³/mol. The maximum absolute atomic E-state index is 14.2. The van der Waals surface area contributed by atoms with Crippen molar-refractivity contribution in [3.05, 3.63) is 15.8 Å². The Bertz CT molecular complexity index is 1220. The third kappa shape index (κ3) is 11.4. The molecule has 1 aliphatic heterocycles. The van der Waals surface area contributed by atoms with Crippen LogP contribution in [0.2, 0.25) is 0 Å². The van der Waals surface area contributed by atoms with Crippen molar-refractivity contribution in [2.45, 2.75) is 117 Å². The summed E-state index contributed by atoms with van der Waals surface area (Å²) in [6, 6.07) is 1.76. The minimum absolute atomic E-state index is 0.0676. The van der Waals surface area contributed by atoms with Gasteiger partial charge in [-0.2, -0.15) is 0 Å². The second kappa shape index (κ2) is 17.0. The monoisotopic (exact) mass is 643 g/mol. The van der Waals surface area contributed by atoms with Crippen LogP contribution in [0.25, 0.3) is 0 Å². The highest BCUT2D eigenvalue weighted by Crippen LogP contribution is 2.38. The molecule has 1 saturated carbocycles. The van der Waals surface area contributed by atoms with Gasteiger partial charge in [0.25, 0.3) is 0 Å². The van der Waals surface area contributed by atoms with Crippen molar-refractivity contribution < 1.29 is 28.7 Å². The number of alkyl carbamates (subject to hydrolysis) is 1. The van der Waals surface area contributed by atoms with Gasteiger partial charge in [-0.05, 0) is 84.1 Å². The molecule has 9 nitrogen and oxygen atoms in total. The fourth-order valence-electron chi connectivity index (χ4n) is 5.89. The third-order valence-electron chi connectivity index (χ3n) is 8.35. The predicted octanol–water partition coefficient (Wildman–Crippen LogP) is 6.78. The zero-order chi connectivity index (χ0) is 33.1. The van der Waals surface area contributed by atoms with Crippen LogP contribution in [0.3, 0.4) is 0 Å². The largest absolute Gasteiger partial charge is 0.465 e. The van der Waals surface area contributed by atoms with Gasteiger partial charge in [-0.1, -0.05) is 39.0 Å². The molecule has 0 bridgehead atoms. The van der Waals surface area contributed by atoms with E-state index in [2.05, 4.69) is 24.1 Å². The average Bonchev–Trinajstić information content (AvgIpc) is 3.41. The van der Waals surface area contributed by atoms with Crippen molar-refractivity contribution in [3.8, 4) is 11.8 Å². The number of nitrogens with zero attached hydrogens (tertiary/aromatic N) is 2. The van der Waals surface area contributed by atoms with Crippen LogP contribution < -0.4 is 10.2 Å². The van der Waals surface area contributed by atoms with Crippen LogP contribution in [0.4, 0.5) is 10.5 Å². The molecule has 0 radical (unpaired) electrons. The Morgan fingerprint density at radius 3 is 2.31 bits per heavy atom. The van der Waals surface area contributed by atoms with E-state index in [1.165, 1.54) is 18.4 Å². The summed E-state index contributed by atoms with van der Waals surface area (Å²) >= 11 is 1.28. The van der Waals surface area contributed by atoms with E-state index in [9.17, 15) is 19.2 Å². The molecule has 1 aliphatic carbocycles. The molecule has 10 heteroatoms. The summed E-state index contributed by atoms with van der Waals surface area (Å²) < 4.78 is 10.4. The first-order valence-electron chi connectivity index (χ1n) is 16.6. The second-order valence-corrected chi connectivity index (χ2v) is 14.8. The first kappa shape index (κ1) is 36.4. The van der Waals surface area contributed by atoms with Gasteiger partial charge in [-0.15, -0.1) is 11.3 Å². The van der Waals surface area contributed by atoms with Crippen LogP contribution in [0.1, 0.15) is 120 Å². The van der Waals surface area contributed by atoms with Crippen molar-refractivity contribution in [1.29, 1.82) is 0 Å². The Morgan fingerprint density at radius 1 is 1.04 bits per heavy atom. The molecule has 250 valence electrons. The number of unbranched alkanes of at least 4 members (excludes halogenated alkanes) is 2. The number of amides is 3. The van der Waals surface area contributed by atoms with Crippen molar-refractivity contribution in [3.63, 3.8) is 0 Å². The Labute approximate surface area is 273 Å². The zero-order valence-electron chi connectivity index (χ0n) is 28.3. The van der Waals surface area contributed by atoms with Crippen molar-refractivity contribution in [2.24, 2.45) is 17.8 Å². The van der Waals surface area contributed by atoms with Gasteiger partial charge in [0.05, 0.1) is 17.7 Å². The van der Waals surface area contributed by atoms with E-state index in [1.807, 2.05) is 50.5 Å². The fraction of sp³-hybridized carbons (Fsp3) is 0.714. The molecule has 2 fully saturated rings. The summed E-state index contributed by atoms with van der Waals surface area (Å²) in [4.78, 5) is 56.9. The van der Waals surface area contributed by atoms with Crippen molar-refractivity contribution in [2.75, 3.05) is 31.6 Å². The van der Waals surface area contributed by atoms with Gasteiger partial charge in [-0.3, -0.25) is 9.59 Å². The third-order valence-corrected chi connectivity index (χ3v) is 9.37. The number of thiophene rings is 1. The quantitative estimate of drug-likeness (QED) is 0.171. The summed E-state index contributed by atoms with van der Waals surface area (Å²) in [7, 11) is 1.36. The number of esters is 1. The number of carbonyl (C=O) groups is 4. The first-order valence-corrected chi connectivity index (χ1v) is 17.4. The van der Waals surface area contributed by atoms with E-state index in [-0.39, 0.29) is 29.7 Å². The molecule has 1 aromatic rings. The Kier molecular flexibility index (Phi) is 13.8. The summed E-state index contributed by atoms with van der Waals surface area (Å²) in [5, 5.41) is 2.76. The molecule has 3 rings (SSSR count). The molecular weight excluding hydrogens is 590 g/mol. The molecule has 1 saturated heterocycles. The molecule has 1 aromatic heterocycles. The van der Waals surface area contributed by atoms with E-state index < -0.39 is 17.7 Å². The lowest BCUT2D eigenvalue weighted by Gasteiger charge is -2.40. The zero-order valence-corrected chi connectivity index (χ0v) is 29.1. The highest BCUT2D eigenvalue weighted by Gasteiger charge is 2.38. The van der Waals surface area contributed by atoms with E-state index in [4.69, 9.17) is 9.47 Å². The van der Waals surface area contributed by atoms with Crippen molar-refractivity contribution in [1.82, 2.24) is 10.2 Å². The maximum Gasteiger partial charge on any atom is 0.407 e. The second-order valence-electron chi connectivity index (χ2n) is 13.8. The Balaban J connectivity index is 1.65. The standard InChI is InChI=1S/C35H53N3O6S/c1-24(2)12-17-28-23-29(31(45-28)33(41)43-7)38(32(40)26-15-13-25(3)14-16-26)27-18-21-37(22-19-27)30(39)11-9-8-10-20-36-34(42)44-35(4,5)6/h23-27H,8-11,13-16,18-22H2,1-7H3,(H,36,42)/t25-,26-. The van der Waals surface area contributed by atoms with E-state index in [1.54, 1.807) is 0 Å². The number of rotatable bonds is 10. The van der Waals surface area contributed by atoms with Crippen LogP contribution >= 0.6 is 11.3 Å². The number of hydrogen-bond donors (Lipinski definition) is 1. The molecule has 2 aliphatic rings. The first-order chi connectivity index (χ1) is 21.3. The van der Waals surface area contributed by atoms with E-state index in [0.717, 1.165) is 49.8 Å². The topological polar surface area (TPSA) is 105 Å². The summed E-state index contributed by atoms with van der Waals surface area (Å²) in [6.07, 6.45) is 7.40. The maximum atomic E-state index is 14.2. The highest BCUT2D eigenvalue weighted by molar-refractivity contribution is 7.15. The van der Waals surface area contributed by atoms with Crippen LogP contribution in [-0.4, -0.2) is 67.2 Å². The molecule has 0 unspecified atom stereocenters. The minimum Gasteiger partial charge on any atom is -0.465 e. The number of anilines is 1. The Hall–Kier alpha value is -3.06. The lowest BCUT2D eigenvalue weighted by molar-refractivity contribution is -0.132. The highest BCUT2D eigenvalue weighted by atomic mass is 32.1. The van der Waals surface area contributed by atoms with Gasteiger partial charge < -0.3 is 24.6 Å². The molecule has 45 heavy (non-hydrogen) atoms. The van der Waals surface area contributed by atoms with Gasteiger partial charge in [0.15, 0.2) is 0 Å². The average molecular weight is 644 g/mol. The van der Waals surface area contributed by atoms with Gasteiger partial charge in [0.2, 0.25) is 11.8 Å². The van der Waals surface area contributed by atoms with E-state index in [0.29, 0.717) is 55.4 Å². The number of hydrogen-bond acceptors (Lipinski definition) is 7. The van der Waals surface area contributed by atoms with Crippen LogP contribution in [-0.2, 0) is 19.1 Å². The lowest BCUT2D eigenvalue weighted by Crippen LogP contribution is -2.51. The van der Waals surface area contributed by atoms with Crippen LogP contribution in [0.5, 0.6) is 0 Å². The van der Waals surface area contributed by atoms with Crippen LogP contribution in [0, 0.1) is 29.6 Å². The normalized spacial score (nSPS) is 19.0. The lowest BCUT2D eigenvalue weighted by atomic mass is 9.82. The van der Waals surface area contributed by atoms with Crippen LogP contribution in [0.15, 0.2) is 6.07 Å². The molecule has 0 aromatic carbocycles. The van der Waals surface area contributed by atoms with Gasteiger partial charge in [0, 0.05) is 43.9 Å². The Morgan fingerprint density at radius 2 is 1.71 bits per heavy atom. The smallest absolute Gasteiger partial charge is 0.407 e. The molecule has 2 heterocycles. The number of carbonyl (C=O) groups excluding carboxylic acids is 4. The summed E-state index contributed by atoms with van der Waals surface area (Å²) in [6.45, 7) is 13.4. The minimum atomic E-state index is -0.527. The fourth-order valence-corrected chi connectivity index (χ4v) is 6.82. The molecule has 0 atom stereocenters. The van der Waals surface area contributed by atoms with Gasteiger partial charge >= 0.3 is 12.1 Å². The number of likely N-dealkylation sites (tertiary alicyclic amines) is 1. The van der Waals surface area contributed by atoms with Gasteiger partial charge in [-0.25, -0.2) is 9.59 Å². The molecule has 1 N–H and O–H groups in total. The number of nitrogens with one attached hydrogen (secondary N) is 1.